The van der Waals surface area contributed by atoms with E-state index in [4.69, 9.17) is 0 Å². The van der Waals surface area contributed by atoms with Gasteiger partial charge < -0.3 is 10.4 Å². The number of aromatic nitrogens is 6. The van der Waals surface area contributed by atoms with Gasteiger partial charge >= 0.3 is 6.18 Å². The molecule has 34 heavy (non-hydrogen) atoms. The molecule has 0 bridgehead atoms. The van der Waals surface area contributed by atoms with Gasteiger partial charge in [-0.25, -0.2) is 9.97 Å². The Morgan fingerprint density at radius 1 is 1.21 bits per heavy atom. The Morgan fingerprint density at radius 2 is 1.97 bits per heavy atom. The minimum Gasteiger partial charge on any atom is -0.393 e. The number of aliphatic hydroxyl groups is 1. The second-order valence-corrected chi connectivity index (χ2v) is 9.53. The van der Waals surface area contributed by atoms with Crippen LogP contribution in [0.5, 0.6) is 0 Å². The Kier molecular flexibility index (Phi) is 6.57. The van der Waals surface area contributed by atoms with Gasteiger partial charge in [-0.3, -0.25) is 0 Å². The molecule has 4 rings (SSSR count). The summed E-state index contributed by atoms with van der Waals surface area (Å²) < 4.78 is 42.6. The van der Waals surface area contributed by atoms with Crippen LogP contribution < -0.4 is 5.32 Å². The number of aliphatic hydroxyl groups excluding tert-OH is 1. The van der Waals surface area contributed by atoms with Gasteiger partial charge in [0, 0.05) is 12.7 Å². The third-order valence-corrected chi connectivity index (χ3v) is 6.50. The van der Waals surface area contributed by atoms with E-state index in [9.17, 15) is 18.3 Å². The molecule has 0 spiro atoms. The number of anilines is 1. The number of benzene rings is 1. The zero-order chi connectivity index (χ0) is 24.5. The van der Waals surface area contributed by atoms with Gasteiger partial charge in [-0.1, -0.05) is 32.0 Å². The molecule has 0 unspecified atom stereocenters. The first-order valence-electron chi connectivity index (χ1n) is 11.2. The van der Waals surface area contributed by atoms with Crippen molar-refractivity contribution in [2.75, 3.05) is 5.32 Å². The van der Waals surface area contributed by atoms with Crippen molar-refractivity contribution < 1.29 is 18.3 Å². The molecule has 2 heterocycles. The van der Waals surface area contributed by atoms with E-state index in [1.807, 2.05) is 38.1 Å². The smallest absolute Gasteiger partial charge is 0.393 e. The highest BCUT2D eigenvalue weighted by atomic mass is 19.4. The summed E-state index contributed by atoms with van der Waals surface area (Å²) in [4.78, 5) is 8.21. The van der Waals surface area contributed by atoms with Crippen LogP contribution in [0.3, 0.4) is 0 Å². The van der Waals surface area contributed by atoms with Gasteiger partial charge in [0.15, 0.2) is 5.82 Å². The molecule has 11 heteroatoms. The summed E-state index contributed by atoms with van der Waals surface area (Å²) >= 11 is 0. The van der Waals surface area contributed by atoms with Crippen molar-refractivity contribution >= 4 is 5.95 Å². The molecule has 2 atom stereocenters. The lowest BCUT2D eigenvalue weighted by Crippen LogP contribution is -2.37. The molecule has 1 aliphatic rings. The molecule has 1 saturated carbocycles. The summed E-state index contributed by atoms with van der Waals surface area (Å²) in [5, 5.41) is 24.8. The van der Waals surface area contributed by atoms with Crippen molar-refractivity contribution in [3.63, 3.8) is 0 Å². The van der Waals surface area contributed by atoms with Crippen LogP contribution >= 0.6 is 0 Å². The third-order valence-electron chi connectivity index (χ3n) is 6.50. The average Bonchev–Trinajstić information content (AvgIpc) is 3.20. The molecule has 1 aromatic carbocycles. The van der Waals surface area contributed by atoms with Crippen LogP contribution in [-0.2, 0) is 19.1 Å². The van der Waals surface area contributed by atoms with Crippen molar-refractivity contribution in [3.05, 3.63) is 53.1 Å². The van der Waals surface area contributed by atoms with Crippen LogP contribution in [-0.4, -0.2) is 41.4 Å². The summed E-state index contributed by atoms with van der Waals surface area (Å²) in [5.74, 6) is 0.744. The van der Waals surface area contributed by atoms with Crippen LogP contribution in [0.15, 0.2) is 30.5 Å². The number of alkyl halides is 3. The highest BCUT2D eigenvalue weighted by Crippen LogP contribution is 2.41. The summed E-state index contributed by atoms with van der Waals surface area (Å²) in [6.07, 6.45) is -2.08. The van der Waals surface area contributed by atoms with Gasteiger partial charge in [0.05, 0.1) is 23.0 Å². The van der Waals surface area contributed by atoms with Crippen molar-refractivity contribution in [2.45, 2.75) is 65.3 Å². The predicted octanol–water partition coefficient (Wildman–Crippen LogP) is 4.12. The lowest BCUT2D eigenvalue weighted by atomic mass is 9.69. The van der Waals surface area contributed by atoms with E-state index in [1.165, 1.54) is 0 Å². The molecule has 182 valence electrons. The van der Waals surface area contributed by atoms with Crippen molar-refractivity contribution in [1.29, 1.82) is 0 Å². The Bertz CT molecular complexity index is 1150. The first kappa shape index (κ1) is 24.1. The minimum absolute atomic E-state index is 0.00534. The maximum absolute atomic E-state index is 13.7. The average molecular weight is 476 g/mol. The predicted molar refractivity (Wildman–Crippen MR) is 119 cm³/mol. The molecule has 2 N–H and O–H groups in total. The molecule has 0 amide bonds. The van der Waals surface area contributed by atoms with E-state index in [0.29, 0.717) is 25.1 Å². The van der Waals surface area contributed by atoms with Crippen molar-refractivity contribution in [2.24, 2.45) is 11.3 Å². The highest BCUT2D eigenvalue weighted by Gasteiger charge is 2.39. The Labute approximate surface area is 195 Å². The number of halogens is 3. The number of aryl methyl sites for hydroxylation is 1. The van der Waals surface area contributed by atoms with Gasteiger partial charge in [-0.2, -0.15) is 17.9 Å². The maximum atomic E-state index is 13.7. The van der Waals surface area contributed by atoms with E-state index in [-0.39, 0.29) is 35.9 Å². The minimum atomic E-state index is -4.54. The molecular weight excluding hydrogens is 447 g/mol. The number of hydrogen-bond donors (Lipinski definition) is 2. The summed E-state index contributed by atoms with van der Waals surface area (Å²) in [6, 6.07) is 7.45. The summed E-state index contributed by atoms with van der Waals surface area (Å²) in [5.41, 5.74) is 0.421. The van der Waals surface area contributed by atoms with E-state index in [0.717, 1.165) is 17.4 Å². The fourth-order valence-corrected chi connectivity index (χ4v) is 4.60. The van der Waals surface area contributed by atoms with Crippen molar-refractivity contribution in [3.8, 4) is 5.69 Å². The molecule has 0 aliphatic heterocycles. The first-order chi connectivity index (χ1) is 16.0. The summed E-state index contributed by atoms with van der Waals surface area (Å²) in [6.45, 7) is 5.96. The van der Waals surface area contributed by atoms with Crippen LogP contribution in [0.2, 0.25) is 0 Å². The SMILES string of the molecule is Cc1nnnn1-c1ccccc1CNc1ncc(C(F)(F)F)c(C[C@H]2CC[C@@H](O)C(C)(C)C2)n1. The topological polar surface area (TPSA) is 102 Å². The number of para-hydroxylation sites is 1. The summed E-state index contributed by atoms with van der Waals surface area (Å²) in [7, 11) is 0. The van der Waals surface area contributed by atoms with Gasteiger partial charge in [0.25, 0.3) is 0 Å². The van der Waals surface area contributed by atoms with Crippen LogP contribution in [0.4, 0.5) is 19.1 Å². The van der Waals surface area contributed by atoms with Crippen molar-refractivity contribution in [1.82, 2.24) is 30.2 Å². The van der Waals surface area contributed by atoms with Crippen LogP contribution in [0, 0.1) is 18.3 Å². The van der Waals surface area contributed by atoms with Gasteiger partial charge in [0.2, 0.25) is 5.95 Å². The lowest BCUT2D eigenvalue weighted by Gasteiger charge is -2.39. The number of rotatable bonds is 6. The molecule has 3 aromatic rings. The standard InChI is InChI=1S/C23H28F3N7O/c1-14-30-31-32-33(14)19-7-5-4-6-16(19)12-27-21-28-13-17(23(24,25)26)18(29-21)10-15-8-9-20(34)22(2,3)11-15/h4-7,13,15,20,34H,8-12H2,1-3H3,(H,27,28,29)/t15-,20-/m1/s1. The Balaban J connectivity index is 1.56. The van der Waals surface area contributed by atoms with E-state index in [1.54, 1.807) is 11.6 Å². The quantitative estimate of drug-likeness (QED) is 0.553. The van der Waals surface area contributed by atoms with E-state index < -0.39 is 17.8 Å². The van der Waals surface area contributed by atoms with Gasteiger partial charge in [0.1, 0.15) is 0 Å². The number of nitrogens with zero attached hydrogens (tertiary/aromatic N) is 6. The Morgan fingerprint density at radius 3 is 2.65 bits per heavy atom. The number of nitrogens with one attached hydrogen (secondary N) is 1. The molecule has 1 fully saturated rings. The molecular formula is C23H28F3N7O. The second kappa shape index (κ2) is 9.28. The van der Waals surface area contributed by atoms with Gasteiger partial charge in [-0.05, 0) is 66.0 Å². The number of tetrazole rings is 1. The lowest BCUT2D eigenvalue weighted by molar-refractivity contribution is -0.138. The van der Waals surface area contributed by atoms with E-state index >= 15 is 0 Å². The first-order valence-corrected chi connectivity index (χ1v) is 11.2. The fraction of sp³-hybridized carbons (Fsp3) is 0.522. The maximum Gasteiger partial charge on any atom is 0.419 e. The normalized spacial score (nSPS) is 20.3. The number of hydrogen-bond acceptors (Lipinski definition) is 7. The molecule has 1 aliphatic carbocycles. The molecule has 0 saturated heterocycles. The molecule has 0 radical (unpaired) electrons. The van der Waals surface area contributed by atoms with Gasteiger partial charge in [-0.15, -0.1) is 5.10 Å². The fourth-order valence-electron chi connectivity index (χ4n) is 4.60. The highest BCUT2D eigenvalue weighted by molar-refractivity contribution is 5.43. The monoisotopic (exact) mass is 475 g/mol. The largest absolute Gasteiger partial charge is 0.419 e. The Hall–Kier alpha value is -3.08. The zero-order valence-corrected chi connectivity index (χ0v) is 19.3. The van der Waals surface area contributed by atoms with E-state index in [2.05, 4.69) is 30.8 Å². The second-order valence-electron chi connectivity index (χ2n) is 9.53. The zero-order valence-electron chi connectivity index (χ0n) is 19.3. The molecule has 2 aromatic heterocycles. The van der Waals surface area contributed by atoms with Crippen LogP contribution in [0.25, 0.3) is 5.69 Å². The third kappa shape index (κ3) is 5.19. The molecule has 8 nitrogen and oxygen atoms in total. The van der Waals surface area contributed by atoms with Crippen LogP contribution in [0.1, 0.15) is 55.8 Å².